The number of rotatable bonds is 2. The van der Waals surface area contributed by atoms with Crippen LogP contribution in [-0.2, 0) is 16.8 Å². The molecule has 6 nitrogen and oxygen atoms in total. The number of hydrogen-bond acceptors (Lipinski definition) is 4. The van der Waals surface area contributed by atoms with E-state index in [-0.39, 0.29) is 39.4 Å². The Morgan fingerprint density at radius 3 is 1.19 bits per heavy atom. The predicted octanol–water partition coefficient (Wildman–Crippen LogP) is 0.980. The van der Waals surface area contributed by atoms with Crippen molar-refractivity contribution in [3.05, 3.63) is 59.7 Å². The van der Waals surface area contributed by atoms with E-state index in [2.05, 4.69) is 0 Å². The smallest absolute Gasteiger partial charge is 0.252 e. The van der Waals surface area contributed by atoms with Gasteiger partial charge >= 0.3 is 0 Å². The summed E-state index contributed by atoms with van der Waals surface area (Å²) >= 11 is 0. The van der Waals surface area contributed by atoms with Crippen LogP contribution in [0.5, 0.6) is 11.5 Å². The molecule has 2 amide bonds. The number of benzene rings is 2. The summed E-state index contributed by atoms with van der Waals surface area (Å²) < 4.78 is 0. The van der Waals surface area contributed by atoms with Gasteiger partial charge in [-0.05, 0) is 24.3 Å². The van der Waals surface area contributed by atoms with Crippen molar-refractivity contribution in [3.8, 4) is 11.5 Å². The van der Waals surface area contributed by atoms with Gasteiger partial charge in [0, 0.05) is 16.8 Å². The van der Waals surface area contributed by atoms with E-state index in [4.69, 9.17) is 21.7 Å². The van der Waals surface area contributed by atoms with Crippen LogP contribution in [0, 0.1) is 0 Å². The molecule has 0 fully saturated rings. The van der Waals surface area contributed by atoms with Crippen LogP contribution < -0.4 is 11.5 Å². The van der Waals surface area contributed by atoms with Gasteiger partial charge in [-0.1, -0.05) is 24.3 Å². The molecule has 0 saturated carbocycles. The summed E-state index contributed by atoms with van der Waals surface area (Å²) in [7, 11) is 0. The zero-order valence-electron chi connectivity index (χ0n) is 10.8. The van der Waals surface area contributed by atoms with Crippen molar-refractivity contribution in [2.75, 3.05) is 0 Å². The topological polar surface area (TPSA) is 127 Å². The second-order valence-electron chi connectivity index (χ2n) is 3.76. The van der Waals surface area contributed by atoms with E-state index in [1.54, 1.807) is 24.3 Å². The second kappa shape index (κ2) is 8.62. The average molecular weight is 333 g/mol. The van der Waals surface area contributed by atoms with Gasteiger partial charge in [0.05, 0.1) is 11.1 Å². The van der Waals surface area contributed by atoms with E-state index in [0.717, 1.165) is 0 Å². The molecule has 0 heterocycles. The fourth-order valence-corrected chi connectivity index (χ4v) is 1.36. The standard InChI is InChI=1S/2C7H7NO2.Co/c2*8-7(10)5-3-1-2-4-6(5)9;/h2*1-4,9H,(H2,8,10);. The van der Waals surface area contributed by atoms with Gasteiger partial charge in [0.25, 0.3) is 11.8 Å². The maximum atomic E-state index is 10.5. The predicted molar refractivity (Wildman–Crippen MR) is 73.2 cm³/mol. The number of para-hydroxylation sites is 2. The van der Waals surface area contributed by atoms with Gasteiger partial charge in [-0.25, -0.2) is 0 Å². The largest absolute Gasteiger partial charge is 0.507 e. The van der Waals surface area contributed by atoms with E-state index in [9.17, 15) is 9.59 Å². The van der Waals surface area contributed by atoms with E-state index in [1.165, 1.54) is 24.3 Å². The first-order valence-electron chi connectivity index (χ1n) is 5.59. The zero-order chi connectivity index (χ0) is 15.1. The van der Waals surface area contributed by atoms with Gasteiger partial charge < -0.3 is 21.7 Å². The quantitative estimate of drug-likeness (QED) is 0.653. The summed E-state index contributed by atoms with van der Waals surface area (Å²) in [6.07, 6.45) is 0. The van der Waals surface area contributed by atoms with Crippen LogP contribution in [0.15, 0.2) is 48.5 Å². The van der Waals surface area contributed by atoms with E-state index >= 15 is 0 Å². The number of amides is 2. The van der Waals surface area contributed by atoms with Crippen LogP contribution in [0.3, 0.4) is 0 Å². The molecule has 0 atom stereocenters. The van der Waals surface area contributed by atoms with Crippen LogP contribution in [0.2, 0.25) is 0 Å². The Morgan fingerprint density at radius 1 is 0.714 bits per heavy atom. The summed E-state index contributed by atoms with van der Waals surface area (Å²) in [6.45, 7) is 0. The Labute approximate surface area is 131 Å². The van der Waals surface area contributed by atoms with Gasteiger partial charge in [-0.3, -0.25) is 9.59 Å². The van der Waals surface area contributed by atoms with Crippen LogP contribution in [0.25, 0.3) is 0 Å². The minimum atomic E-state index is -0.613. The fraction of sp³-hybridized carbons (Fsp3) is 0. The maximum absolute atomic E-state index is 10.5. The van der Waals surface area contributed by atoms with Crippen molar-refractivity contribution in [3.63, 3.8) is 0 Å². The van der Waals surface area contributed by atoms with Gasteiger partial charge in [0.2, 0.25) is 0 Å². The van der Waals surface area contributed by atoms with Crippen molar-refractivity contribution < 1.29 is 36.6 Å². The summed E-state index contributed by atoms with van der Waals surface area (Å²) in [6, 6.07) is 12.3. The Bertz CT molecular complexity index is 576. The number of carbonyl (C=O) groups is 2. The molecule has 2 aromatic rings. The molecule has 0 aliphatic rings. The van der Waals surface area contributed by atoms with Gasteiger partial charge in [-0.2, -0.15) is 0 Å². The second-order valence-corrected chi connectivity index (χ2v) is 3.76. The Morgan fingerprint density at radius 2 is 1.00 bits per heavy atom. The Balaban J connectivity index is 0.000000364. The molecule has 113 valence electrons. The van der Waals surface area contributed by atoms with Crippen molar-refractivity contribution >= 4 is 11.8 Å². The molecule has 0 aliphatic carbocycles. The number of primary amides is 2. The molecule has 7 heteroatoms. The minimum Gasteiger partial charge on any atom is -0.507 e. The molecule has 6 N–H and O–H groups in total. The van der Waals surface area contributed by atoms with Crippen molar-refractivity contribution in [2.45, 2.75) is 0 Å². The maximum Gasteiger partial charge on any atom is 0.252 e. The van der Waals surface area contributed by atoms with Crippen LogP contribution in [0.4, 0.5) is 0 Å². The molecule has 0 saturated heterocycles. The number of phenols is 2. The van der Waals surface area contributed by atoms with Gasteiger partial charge in [0.15, 0.2) is 0 Å². The molecular weight excluding hydrogens is 319 g/mol. The first-order chi connectivity index (χ1) is 9.43. The average Bonchev–Trinajstić information content (AvgIpc) is 2.40. The minimum absolute atomic E-state index is 0. The molecule has 0 spiro atoms. The van der Waals surface area contributed by atoms with E-state index < -0.39 is 11.8 Å². The molecule has 21 heavy (non-hydrogen) atoms. The number of nitrogens with two attached hydrogens (primary N) is 2. The van der Waals surface area contributed by atoms with Crippen molar-refractivity contribution in [2.24, 2.45) is 11.5 Å². The van der Waals surface area contributed by atoms with Crippen molar-refractivity contribution in [1.29, 1.82) is 0 Å². The number of hydrogen-bond donors (Lipinski definition) is 4. The first kappa shape index (κ1) is 18.5. The third kappa shape index (κ3) is 5.55. The number of carbonyl (C=O) groups excluding carboxylic acids is 2. The molecular formula is C14H14CoN2O4. The molecule has 0 aromatic heterocycles. The van der Waals surface area contributed by atoms with Gasteiger partial charge in [-0.15, -0.1) is 0 Å². The van der Waals surface area contributed by atoms with Crippen molar-refractivity contribution in [1.82, 2.24) is 0 Å². The summed E-state index contributed by atoms with van der Waals surface area (Å²) in [5, 5.41) is 18.0. The fourth-order valence-electron chi connectivity index (χ4n) is 1.36. The Kier molecular flexibility index (Phi) is 7.59. The molecule has 0 unspecified atom stereocenters. The SMILES string of the molecule is NC(=O)c1ccccc1O.NC(=O)c1ccccc1O.[Co]. The van der Waals surface area contributed by atoms with Gasteiger partial charge in [0.1, 0.15) is 11.5 Å². The Hall–Kier alpha value is -2.51. The summed E-state index contributed by atoms with van der Waals surface area (Å²) in [4.78, 5) is 21.0. The molecule has 2 aromatic carbocycles. The van der Waals surface area contributed by atoms with Crippen LogP contribution >= 0.6 is 0 Å². The molecule has 2 rings (SSSR count). The number of aromatic hydroxyl groups is 2. The zero-order valence-corrected chi connectivity index (χ0v) is 11.9. The molecule has 0 aliphatic heterocycles. The normalized spacial score (nSPS) is 8.76. The third-order valence-electron chi connectivity index (χ3n) is 2.34. The summed E-state index contributed by atoms with van der Waals surface area (Å²) in [5.41, 5.74) is 10.1. The van der Waals surface area contributed by atoms with E-state index in [0.29, 0.717) is 0 Å². The van der Waals surface area contributed by atoms with Crippen LogP contribution in [0.1, 0.15) is 20.7 Å². The molecule has 1 radical (unpaired) electrons. The first-order valence-corrected chi connectivity index (χ1v) is 5.59. The third-order valence-corrected chi connectivity index (χ3v) is 2.34. The monoisotopic (exact) mass is 333 g/mol. The summed E-state index contributed by atoms with van der Waals surface area (Å²) in [5.74, 6) is -1.37. The van der Waals surface area contributed by atoms with Crippen LogP contribution in [-0.4, -0.2) is 22.0 Å². The molecule has 0 bridgehead atoms. The van der Waals surface area contributed by atoms with E-state index in [1.807, 2.05) is 0 Å².